The zero-order chi connectivity index (χ0) is 26.1. The largest absolute Gasteiger partial charge is 0.455 e. The van der Waals surface area contributed by atoms with Crippen LogP contribution in [0.2, 0.25) is 19.6 Å². The number of rotatable bonds is 4. The van der Waals surface area contributed by atoms with Gasteiger partial charge in [-0.2, -0.15) is 4.57 Å². The van der Waals surface area contributed by atoms with Gasteiger partial charge in [-0.3, -0.25) is 0 Å². The molecule has 1 aliphatic carbocycles. The molecular weight excluding hydrogens is 473 g/mol. The number of aromatic nitrogens is 1. The molecule has 2 heterocycles. The van der Waals surface area contributed by atoms with E-state index in [2.05, 4.69) is 75.4 Å². The number of furan rings is 1. The molecule has 6 rings (SSSR count). The Morgan fingerprint density at radius 3 is 2.38 bits per heavy atom. The van der Waals surface area contributed by atoms with Gasteiger partial charge in [-0.1, -0.05) is 51.4 Å². The summed E-state index contributed by atoms with van der Waals surface area (Å²) < 4.78 is 22.9. The van der Waals surface area contributed by atoms with Crippen molar-refractivity contribution in [1.29, 1.82) is 0 Å². The molecule has 0 atom stereocenters. The number of halogens is 1. The van der Waals surface area contributed by atoms with Gasteiger partial charge in [-0.25, -0.2) is 4.39 Å². The maximum atomic E-state index is 14.1. The van der Waals surface area contributed by atoms with Gasteiger partial charge < -0.3 is 4.42 Å². The monoisotopic (exact) mass is 510 g/mol. The molecule has 1 aliphatic rings. The van der Waals surface area contributed by atoms with Crippen molar-refractivity contribution in [3.05, 3.63) is 71.0 Å². The summed E-state index contributed by atoms with van der Waals surface area (Å²) in [6.45, 7) is 11.6. The van der Waals surface area contributed by atoms with Crippen LogP contribution in [0, 0.1) is 25.6 Å². The van der Waals surface area contributed by atoms with Gasteiger partial charge in [0.25, 0.3) is 0 Å². The predicted octanol–water partition coefficient (Wildman–Crippen LogP) is 8.26. The van der Waals surface area contributed by atoms with E-state index in [0.717, 1.165) is 27.8 Å². The number of nitrogens with zero attached hydrogens (tertiary/aromatic N) is 1. The average molecular weight is 511 g/mol. The van der Waals surface area contributed by atoms with E-state index < -0.39 is 8.07 Å². The van der Waals surface area contributed by atoms with Gasteiger partial charge in [0, 0.05) is 34.4 Å². The second-order valence-electron chi connectivity index (χ2n) is 12.3. The SMILES string of the molecule is Cc1cc2c(oc3cc(F)ccc32)c(-c2cc([Si](C)(C)C)c3ccc(CC4CCCC4)cc3[n+]2C)c1C. The Hall–Kier alpha value is -2.98. The molecule has 0 radical (unpaired) electrons. The van der Waals surface area contributed by atoms with Crippen molar-refractivity contribution in [1.82, 2.24) is 0 Å². The van der Waals surface area contributed by atoms with Gasteiger partial charge in [-0.05, 0) is 72.3 Å². The molecule has 0 N–H and O–H groups in total. The molecule has 2 aromatic heterocycles. The van der Waals surface area contributed by atoms with E-state index in [4.69, 9.17) is 4.42 Å². The highest BCUT2D eigenvalue weighted by Gasteiger charge is 2.30. The molecule has 37 heavy (non-hydrogen) atoms. The normalized spacial score (nSPS) is 15.0. The van der Waals surface area contributed by atoms with Gasteiger partial charge in [0.15, 0.2) is 0 Å². The Labute approximate surface area is 220 Å². The van der Waals surface area contributed by atoms with Crippen LogP contribution in [-0.2, 0) is 13.5 Å². The van der Waals surface area contributed by atoms with Crippen molar-refractivity contribution in [3.8, 4) is 11.3 Å². The van der Waals surface area contributed by atoms with Gasteiger partial charge in [0.05, 0.1) is 13.6 Å². The van der Waals surface area contributed by atoms with Crippen molar-refractivity contribution < 1.29 is 13.4 Å². The summed E-state index contributed by atoms with van der Waals surface area (Å²) in [5.41, 5.74) is 8.92. The minimum atomic E-state index is -1.67. The van der Waals surface area contributed by atoms with Crippen LogP contribution in [0.3, 0.4) is 0 Å². The Morgan fingerprint density at radius 1 is 0.919 bits per heavy atom. The molecule has 0 spiro atoms. The van der Waals surface area contributed by atoms with Crippen molar-refractivity contribution in [2.24, 2.45) is 13.0 Å². The molecule has 190 valence electrons. The number of hydrogen-bond acceptors (Lipinski definition) is 1. The summed E-state index contributed by atoms with van der Waals surface area (Å²) in [6.07, 6.45) is 6.64. The third-order valence-electron chi connectivity index (χ3n) is 8.66. The molecule has 0 aliphatic heterocycles. The highest BCUT2D eigenvalue weighted by atomic mass is 28.3. The quantitative estimate of drug-likeness (QED) is 0.176. The number of hydrogen-bond donors (Lipinski definition) is 0. The topological polar surface area (TPSA) is 17.0 Å². The van der Waals surface area contributed by atoms with E-state index in [9.17, 15) is 4.39 Å². The number of benzene rings is 3. The standard InChI is InChI=1S/C33H37FNOSi/c1-20-15-27-25-14-12-24(34)18-30(25)36-33(27)32(21(20)2)29-19-31(37(4,5)6)26-13-11-23(17-28(26)35(29)3)16-22-9-7-8-10-22/h11-15,17-19,22H,7-10,16H2,1-6H3/q+1. The minimum Gasteiger partial charge on any atom is -0.455 e. The van der Waals surface area contributed by atoms with E-state index in [0.29, 0.717) is 5.58 Å². The summed E-state index contributed by atoms with van der Waals surface area (Å²) in [4.78, 5) is 0. The lowest BCUT2D eigenvalue weighted by atomic mass is 9.95. The molecule has 0 amide bonds. The lowest BCUT2D eigenvalue weighted by Crippen LogP contribution is -2.43. The number of pyridine rings is 1. The first-order chi connectivity index (χ1) is 17.6. The molecular formula is C33H37FNOSi+. The maximum absolute atomic E-state index is 14.1. The molecule has 1 saturated carbocycles. The summed E-state index contributed by atoms with van der Waals surface area (Å²) in [6, 6.07) is 16.7. The van der Waals surface area contributed by atoms with Crippen LogP contribution in [0.4, 0.5) is 4.39 Å². The van der Waals surface area contributed by atoms with Crippen LogP contribution in [-0.4, -0.2) is 8.07 Å². The van der Waals surface area contributed by atoms with Gasteiger partial charge >= 0.3 is 0 Å². The van der Waals surface area contributed by atoms with Crippen LogP contribution in [0.5, 0.6) is 0 Å². The highest BCUT2D eigenvalue weighted by molar-refractivity contribution is 6.90. The third kappa shape index (κ3) is 4.10. The maximum Gasteiger partial charge on any atom is 0.216 e. The van der Waals surface area contributed by atoms with E-state index in [-0.39, 0.29) is 5.82 Å². The van der Waals surface area contributed by atoms with Crippen LogP contribution >= 0.6 is 0 Å². The molecule has 4 heteroatoms. The van der Waals surface area contributed by atoms with E-state index >= 15 is 0 Å². The smallest absolute Gasteiger partial charge is 0.216 e. The first-order valence-corrected chi connectivity index (χ1v) is 17.2. The van der Waals surface area contributed by atoms with Gasteiger partial charge in [0.2, 0.25) is 11.2 Å². The van der Waals surface area contributed by atoms with Crippen molar-refractivity contribution >= 4 is 46.1 Å². The summed E-state index contributed by atoms with van der Waals surface area (Å²) in [5, 5.41) is 4.86. The van der Waals surface area contributed by atoms with Crippen LogP contribution < -0.4 is 9.75 Å². The fourth-order valence-corrected chi connectivity index (χ4v) is 8.07. The van der Waals surface area contributed by atoms with Crippen LogP contribution in [0.1, 0.15) is 42.4 Å². The zero-order valence-corrected chi connectivity index (χ0v) is 24.0. The van der Waals surface area contributed by atoms with Gasteiger partial charge in [-0.15, -0.1) is 0 Å². The second-order valence-corrected chi connectivity index (χ2v) is 17.3. The summed E-state index contributed by atoms with van der Waals surface area (Å²) in [7, 11) is 0.526. The molecule has 0 bridgehead atoms. The fraction of sp³-hybridized carbons (Fsp3) is 0.364. The fourth-order valence-electron chi connectivity index (χ4n) is 6.48. The lowest BCUT2D eigenvalue weighted by molar-refractivity contribution is -0.633. The van der Waals surface area contributed by atoms with E-state index in [1.165, 1.54) is 82.7 Å². The zero-order valence-electron chi connectivity index (χ0n) is 23.0. The Morgan fingerprint density at radius 2 is 1.65 bits per heavy atom. The Balaban J connectivity index is 1.66. The molecule has 0 unspecified atom stereocenters. The Kier molecular flexibility index (Phi) is 5.79. The average Bonchev–Trinajstić information content (AvgIpc) is 3.47. The molecule has 2 nitrogen and oxygen atoms in total. The summed E-state index contributed by atoms with van der Waals surface area (Å²) in [5.74, 6) is 0.547. The van der Waals surface area contributed by atoms with Crippen LogP contribution in [0.15, 0.2) is 52.9 Å². The number of aryl methyl sites for hydroxylation is 2. The molecule has 0 saturated heterocycles. The van der Waals surface area contributed by atoms with E-state index in [1.54, 1.807) is 0 Å². The van der Waals surface area contributed by atoms with Crippen LogP contribution in [0.25, 0.3) is 44.1 Å². The lowest BCUT2D eigenvalue weighted by Gasteiger charge is -2.21. The second kappa shape index (κ2) is 8.80. The molecule has 1 fully saturated rings. The molecule has 3 aromatic carbocycles. The summed E-state index contributed by atoms with van der Waals surface area (Å²) >= 11 is 0. The van der Waals surface area contributed by atoms with Crippen molar-refractivity contribution in [2.75, 3.05) is 0 Å². The Bertz CT molecular complexity index is 1690. The van der Waals surface area contributed by atoms with E-state index in [1.807, 2.05) is 6.07 Å². The van der Waals surface area contributed by atoms with Crippen molar-refractivity contribution in [3.63, 3.8) is 0 Å². The third-order valence-corrected chi connectivity index (χ3v) is 10.7. The number of fused-ring (bicyclic) bond motifs is 4. The predicted molar refractivity (Wildman–Crippen MR) is 156 cm³/mol. The van der Waals surface area contributed by atoms with Crippen molar-refractivity contribution in [2.45, 2.75) is 65.6 Å². The molecule has 5 aromatic rings. The first-order valence-electron chi connectivity index (χ1n) is 13.7. The van der Waals surface area contributed by atoms with Gasteiger partial charge in [0.1, 0.15) is 24.0 Å². The minimum absolute atomic E-state index is 0.270. The first kappa shape index (κ1) is 24.4. The highest BCUT2D eigenvalue weighted by Crippen LogP contribution is 2.39.